The molecule has 2 heterocycles. The molecule has 0 spiro atoms. The van der Waals surface area contributed by atoms with Crippen LogP contribution < -0.4 is 10.6 Å². The highest BCUT2D eigenvalue weighted by Gasteiger charge is 2.26. The van der Waals surface area contributed by atoms with E-state index < -0.39 is 0 Å². The van der Waals surface area contributed by atoms with Crippen LogP contribution in [0.2, 0.25) is 0 Å². The van der Waals surface area contributed by atoms with Gasteiger partial charge in [-0.25, -0.2) is 0 Å². The Kier molecular flexibility index (Phi) is 5.60. The van der Waals surface area contributed by atoms with Gasteiger partial charge in [0.05, 0.1) is 0 Å². The maximum absolute atomic E-state index is 5.41. The number of nitrogens with one attached hydrogen (secondary N) is 2. The number of rotatable bonds is 5. The summed E-state index contributed by atoms with van der Waals surface area (Å²) in [4.78, 5) is 0. The third-order valence-corrected chi connectivity index (χ3v) is 5.27. The van der Waals surface area contributed by atoms with Gasteiger partial charge >= 0.3 is 0 Å². The maximum atomic E-state index is 5.41. The molecule has 0 amide bonds. The summed E-state index contributed by atoms with van der Waals surface area (Å²) >= 11 is 2.15. The molecule has 3 nitrogen and oxygen atoms in total. The Morgan fingerprint density at radius 1 is 1.29 bits per heavy atom. The summed E-state index contributed by atoms with van der Waals surface area (Å²) in [7, 11) is 0. The molecule has 2 fully saturated rings. The van der Waals surface area contributed by atoms with Crippen molar-refractivity contribution in [1.82, 2.24) is 10.6 Å². The molecule has 2 aliphatic rings. The fourth-order valence-corrected chi connectivity index (χ4v) is 3.66. The summed E-state index contributed by atoms with van der Waals surface area (Å²) < 4.78 is 5.41. The van der Waals surface area contributed by atoms with Gasteiger partial charge in [-0.3, -0.25) is 0 Å². The highest BCUT2D eigenvalue weighted by atomic mass is 32.2. The van der Waals surface area contributed by atoms with Crippen molar-refractivity contribution < 1.29 is 4.74 Å². The van der Waals surface area contributed by atoms with Gasteiger partial charge in [0.1, 0.15) is 0 Å². The van der Waals surface area contributed by atoms with Crippen LogP contribution in [-0.4, -0.2) is 49.4 Å². The molecular formula is C13H26N2OS. The lowest BCUT2D eigenvalue weighted by molar-refractivity contribution is 0.0462. The van der Waals surface area contributed by atoms with Crippen molar-refractivity contribution in [2.24, 2.45) is 0 Å². The first-order valence-electron chi connectivity index (χ1n) is 6.94. The van der Waals surface area contributed by atoms with Crippen LogP contribution in [0.3, 0.4) is 0 Å². The zero-order chi connectivity index (χ0) is 12.0. The van der Waals surface area contributed by atoms with Gasteiger partial charge in [0.25, 0.3) is 0 Å². The Hall–Kier alpha value is 0.230. The van der Waals surface area contributed by atoms with Gasteiger partial charge in [0.15, 0.2) is 0 Å². The standard InChI is InChI=1S/C13H26N2OS/c1-13(4-9-16-10-5-13)15-8-11-17-12-2-6-14-7-3-12/h12,14-15H,2-11H2,1H3. The van der Waals surface area contributed by atoms with E-state index in [4.69, 9.17) is 4.74 Å². The second kappa shape index (κ2) is 6.98. The van der Waals surface area contributed by atoms with Gasteiger partial charge in [-0.2, -0.15) is 11.8 Å². The molecule has 4 heteroatoms. The lowest BCUT2D eigenvalue weighted by Crippen LogP contribution is -2.47. The Labute approximate surface area is 109 Å². The number of hydrogen-bond donors (Lipinski definition) is 2. The second-order valence-electron chi connectivity index (χ2n) is 5.42. The predicted molar refractivity (Wildman–Crippen MR) is 74.8 cm³/mol. The van der Waals surface area contributed by atoms with E-state index in [0.29, 0.717) is 5.54 Å². The quantitative estimate of drug-likeness (QED) is 0.734. The van der Waals surface area contributed by atoms with Crippen LogP contribution in [0.5, 0.6) is 0 Å². The minimum Gasteiger partial charge on any atom is -0.381 e. The molecule has 0 bridgehead atoms. The minimum atomic E-state index is 0.326. The van der Waals surface area contributed by atoms with E-state index in [2.05, 4.69) is 29.3 Å². The van der Waals surface area contributed by atoms with E-state index in [0.717, 1.165) is 37.9 Å². The highest BCUT2D eigenvalue weighted by molar-refractivity contribution is 7.99. The van der Waals surface area contributed by atoms with Crippen molar-refractivity contribution in [2.45, 2.75) is 43.4 Å². The van der Waals surface area contributed by atoms with E-state index in [9.17, 15) is 0 Å². The summed E-state index contributed by atoms with van der Waals surface area (Å²) in [5, 5.41) is 8.03. The second-order valence-corrected chi connectivity index (χ2v) is 6.83. The molecule has 0 aromatic rings. The monoisotopic (exact) mass is 258 g/mol. The molecule has 2 aliphatic heterocycles. The average molecular weight is 258 g/mol. The van der Waals surface area contributed by atoms with Crippen molar-refractivity contribution in [3.63, 3.8) is 0 Å². The van der Waals surface area contributed by atoms with Crippen molar-refractivity contribution >= 4 is 11.8 Å². The molecule has 2 saturated heterocycles. The molecule has 17 heavy (non-hydrogen) atoms. The molecule has 0 saturated carbocycles. The first kappa shape index (κ1) is 13.7. The average Bonchev–Trinajstić information content (AvgIpc) is 2.37. The third-order valence-electron chi connectivity index (χ3n) is 3.89. The molecular weight excluding hydrogens is 232 g/mol. The predicted octanol–water partition coefficient (Wildman–Crippen LogP) is 1.63. The van der Waals surface area contributed by atoms with E-state index in [1.807, 2.05) is 0 Å². The first-order chi connectivity index (χ1) is 8.29. The Morgan fingerprint density at radius 3 is 2.71 bits per heavy atom. The molecule has 2 N–H and O–H groups in total. The highest BCUT2D eigenvalue weighted by Crippen LogP contribution is 2.22. The van der Waals surface area contributed by atoms with Crippen LogP contribution >= 0.6 is 11.8 Å². The molecule has 0 aromatic heterocycles. The van der Waals surface area contributed by atoms with E-state index in [1.54, 1.807) is 0 Å². The van der Waals surface area contributed by atoms with E-state index in [1.165, 1.54) is 31.7 Å². The Balaban J connectivity index is 1.55. The van der Waals surface area contributed by atoms with Crippen molar-refractivity contribution in [3.05, 3.63) is 0 Å². The molecule has 0 atom stereocenters. The summed E-state index contributed by atoms with van der Waals surface area (Å²) in [6.07, 6.45) is 5.00. The van der Waals surface area contributed by atoms with Crippen LogP contribution in [-0.2, 0) is 4.74 Å². The topological polar surface area (TPSA) is 33.3 Å². The first-order valence-corrected chi connectivity index (χ1v) is 7.98. The smallest absolute Gasteiger partial charge is 0.0483 e. The molecule has 0 aromatic carbocycles. The third kappa shape index (κ3) is 4.78. The zero-order valence-corrected chi connectivity index (χ0v) is 11.8. The summed E-state index contributed by atoms with van der Waals surface area (Å²) in [5.74, 6) is 1.25. The van der Waals surface area contributed by atoms with Crippen molar-refractivity contribution in [1.29, 1.82) is 0 Å². The van der Waals surface area contributed by atoms with E-state index in [-0.39, 0.29) is 0 Å². The van der Waals surface area contributed by atoms with Gasteiger partial charge in [0, 0.05) is 36.3 Å². The normalized spacial score (nSPS) is 25.9. The fraction of sp³-hybridized carbons (Fsp3) is 1.00. The maximum Gasteiger partial charge on any atom is 0.0483 e. The number of hydrogen-bond acceptors (Lipinski definition) is 4. The van der Waals surface area contributed by atoms with Crippen molar-refractivity contribution in [3.8, 4) is 0 Å². The molecule has 0 unspecified atom stereocenters. The lowest BCUT2D eigenvalue weighted by Gasteiger charge is -2.35. The summed E-state index contributed by atoms with van der Waals surface area (Å²) in [6.45, 7) is 7.74. The SMILES string of the molecule is CC1(NCCSC2CCNCC2)CCOCC1. The molecule has 0 radical (unpaired) electrons. The van der Waals surface area contributed by atoms with Gasteiger partial charge in [-0.15, -0.1) is 0 Å². The molecule has 0 aliphatic carbocycles. The van der Waals surface area contributed by atoms with Gasteiger partial charge in [0.2, 0.25) is 0 Å². The van der Waals surface area contributed by atoms with E-state index >= 15 is 0 Å². The molecule has 2 rings (SSSR count). The number of thioether (sulfide) groups is 1. The van der Waals surface area contributed by atoms with Gasteiger partial charge in [-0.1, -0.05) is 0 Å². The largest absolute Gasteiger partial charge is 0.381 e. The summed E-state index contributed by atoms with van der Waals surface area (Å²) in [5.41, 5.74) is 0.326. The van der Waals surface area contributed by atoms with Gasteiger partial charge < -0.3 is 15.4 Å². The molecule has 100 valence electrons. The number of ether oxygens (including phenoxy) is 1. The van der Waals surface area contributed by atoms with Crippen LogP contribution in [0.1, 0.15) is 32.6 Å². The minimum absolute atomic E-state index is 0.326. The van der Waals surface area contributed by atoms with Crippen LogP contribution in [0.25, 0.3) is 0 Å². The van der Waals surface area contributed by atoms with Crippen LogP contribution in [0.4, 0.5) is 0 Å². The van der Waals surface area contributed by atoms with Crippen molar-refractivity contribution in [2.75, 3.05) is 38.6 Å². The fourth-order valence-electron chi connectivity index (χ4n) is 2.54. The van der Waals surface area contributed by atoms with Gasteiger partial charge in [-0.05, 0) is 45.7 Å². The lowest BCUT2D eigenvalue weighted by atomic mass is 9.93. The van der Waals surface area contributed by atoms with Crippen LogP contribution in [0, 0.1) is 0 Å². The Bertz CT molecular complexity index is 213. The number of piperidine rings is 1. The summed E-state index contributed by atoms with van der Waals surface area (Å²) in [6, 6.07) is 0. The van der Waals surface area contributed by atoms with Crippen LogP contribution in [0.15, 0.2) is 0 Å². The Morgan fingerprint density at radius 2 is 2.00 bits per heavy atom. The zero-order valence-electron chi connectivity index (χ0n) is 11.0.